The van der Waals surface area contributed by atoms with Crippen LogP contribution in [0.25, 0.3) is 0 Å². The minimum absolute atomic E-state index is 0.0931. The Hall–Kier alpha value is -2.18. The smallest absolute Gasteiger partial charge is 0.236 e. The summed E-state index contributed by atoms with van der Waals surface area (Å²) in [5.41, 5.74) is 2.60. The lowest BCUT2D eigenvalue weighted by molar-refractivity contribution is -0.145. The third kappa shape index (κ3) is 4.23. The Morgan fingerprint density at radius 1 is 1.03 bits per heavy atom. The van der Waals surface area contributed by atoms with E-state index in [0.29, 0.717) is 32.1 Å². The van der Waals surface area contributed by atoms with Crippen LogP contribution in [-0.4, -0.2) is 65.3 Å². The second kappa shape index (κ2) is 9.36. The van der Waals surface area contributed by atoms with Gasteiger partial charge in [-0.3, -0.25) is 14.5 Å². The molecule has 3 aliphatic rings. The zero-order chi connectivity index (χ0) is 22.1. The molecule has 32 heavy (non-hydrogen) atoms. The molecule has 1 aromatic carbocycles. The van der Waals surface area contributed by atoms with Gasteiger partial charge in [0.25, 0.3) is 0 Å². The first-order valence-corrected chi connectivity index (χ1v) is 12.9. The second-order valence-electron chi connectivity index (χ2n) is 9.53. The summed E-state index contributed by atoms with van der Waals surface area (Å²) in [6.45, 7) is 5.38. The van der Waals surface area contributed by atoms with Crippen molar-refractivity contribution in [3.05, 3.63) is 57.8 Å². The summed E-state index contributed by atoms with van der Waals surface area (Å²) in [5.74, 6) is 0.705. The van der Waals surface area contributed by atoms with Crippen molar-refractivity contribution in [2.75, 3.05) is 32.7 Å². The van der Waals surface area contributed by atoms with Crippen molar-refractivity contribution in [1.29, 1.82) is 0 Å². The van der Waals surface area contributed by atoms with Gasteiger partial charge in [-0.25, -0.2) is 0 Å². The number of carbonyl (C=O) groups excluding carboxylic acids is 2. The summed E-state index contributed by atoms with van der Waals surface area (Å²) >= 11 is 1.83. The normalized spacial score (nSPS) is 24.5. The fraction of sp³-hybridized carbons (Fsp3) is 0.538. The van der Waals surface area contributed by atoms with Crippen molar-refractivity contribution in [2.24, 2.45) is 5.92 Å². The van der Waals surface area contributed by atoms with Gasteiger partial charge in [0.2, 0.25) is 11.8 Å². The molecule has 2 atom stereocenters. The number of carbonyl (C=O) groups is 2. The zero-order valence-corrected chi connectivity index (χ0v) is 19.7. The highest BCUT2D eigenvalue weighted by Gasteiger charge is 2.36. The van der Waals surface area contributed by atoms with Crippen LogP contribution in [0, 0.1) is 5.92 Å². The summed E-state index contributed by atoms with van der Waals surface area (Å²) in [4.78, 5) is 34.1. The van der Waals surface area contributed by atoms with Gasteiger partial charge in [0.1, 0.15) is 0 Å². The number of hydrogen-bond donors (Lipinski definition) is 0. The molecule has 2 aromatic rings. The van der Waals surface area contributed by atoms with Crippen LogP contribution in [0.15, 0.2) is 41.8 Å². The van der Waals surface area contributed by atoms with Gasteiger partial charge in [-0.05, 0) is 48.8 Å². The highest BCUT2D eigenvalue weighted by atomic mass is 32.1. The van der Waals surface area contributed by atoms with Crippen molar-refractivity contribution >= 4 is 23.2 Å². The minimum Gasteiger partial charge on any atom is -0.338 e. The van der Waals surface area contributed by atoms with Crippen molar-refractivity contribution < 1.29 is 9.59 Å². The monoisotopic (exact) mass is 451 g/mol. The molecule has 6 heteroatoms. The average molecular weight is 452 g/mol. The largest absolute Gasteiger partial charge is 0.338 e. The van der Waals surface area contributed by atoms with Crippen molar-refractivity contribution in [1.82, 2.24) is 14.7 Å². The Morgan fingerprint density at radius 2 is 1.81 bits per heavy atom. The van der Waals surface area contributed by atoms with Gasteiger partial charge in [0, 0.05) is 43.0 Å². The van der Waals surface area contributed by atoms with Gasteiger partial charge in [-0.1, -0.05) is 43.2 Å². The predicted molar refractivity (Wildman–Crippen MR) is 128 cm³/mol. The maximum Gasteiger partial charge on any atom is 0.236 e. The molecule has 5 nitrogen and oxygen atoms in total. The molecule has 2 amide bonds. The third-order valence-corrected chi connectivity index (χ3v) is 8.48. The molecule has 2 fully saturated rings. The van der Waals surface area contributed by atoms with Gasteiger partial charge in [0.05, 0.1) is 12.6 Å². The van der Waals surface area contributed by atoms with E-state index >= 15 is 0 Å². The standard InChI is InChI=1S/C26H33N3O2S/c1-19-17-27(14-15-29(19)26(31)21-9-5-6-10-21)24(30)18-28-13-11-23-22(12-16-32-23)25(28)20-7-3-2-4-8-20/h2-4,7-8,12,16,19,21,25H,5-6,9-11,13-15,17-18H2,1H3/t19-,25+/m0/s1. The van der Waals surface area contributed by atoms with Crippen molar-refractivity contribution in [2.45, 2.75) is 51.1 Å². The average Bonchev–Trinajstić information content (AvgIpc) is 3.51. The number of thiophene rings is 1. The molecule has 170 valence electrons. The summed E-state index contributed by atoms with van der Waals surface area (Å²) in [7, 11) is 0. The lowest BCUT2D eigenvalue weighted by atomic mass is 9.93. The van der Waals surface area contributed by atoms with E-state index in [2.05, 4.69) is 47.5 Å². The molecule has 2 aliphatic heterocycles. The SMILES string of the molecule is C[C@H]1CN(C(=O)CN2CCc3sccc3[C@H]2c2ccccc2)CCN1C(=O)C1CCCC1. The predicted octanol–water partition coefficient (Wildman–Crippen LogP) is 3.95. The Bertz CT molecular complexity index is 953. The summed E-state index contributed by atoms with van der Waals surface area (Å²) in [5, 5.41) is 2.17. The van der Waals surface area contributed by atoms with E-state index in [1.165, 1.54) is 28.8 Å². The molecule has 1 saturated heterocycles. The first-order valence-electron chi connectivity index (χ1n) is 12.1. The van der Waals surface area contributed by atoms with E-state index in [9.17, 15) is 9.59 Å². The second-order valence-corrected chi connectivity index (χ2v) is 10.5. The van der Waals surface area contributed by atoms with E-state index in [1.54, 1.807) is 0 Å². The molecule has 1 aromatic heterocycles. The van der Waals surface area contributed by atoms with Crippen LogP contribution < -0.4 is 0 Å². The van der Waals surface area contributed by atoms with Gasteiger partial charge in [0.15, 0.2) is 0 Å². The van der Waals surface area contributed by atoms with Gasteiger partial charge >= 0.3 is 0 Å². The van der Waals surface area contributed by atoms with Gasteiger partial charge in [-0.15, -0.1) is 11.3 Å². The van der Waals surface area contributed by atoms with E-state index in [0.717, 1.165) is 25.8 Å². The summed E-state index contributed by atoms with van der Waals surface area (Å²) < 4.78 is 0. The molecular formula is C26H33N3O2S. The van der Waals surface area contributed by atoms with Crippen LogP contribution in [0.3, 0.4) is 0 Å². The molecule has 1 aliphatic carbocycles. The first-order chi connectivity index (χ1) is 15.6. The van der Waals surface area contributed by atoms with Crippen LogP contribution in [-0.2, 0) is 16.0 Å². The van der Waals surface area contributed by atoms with Gasteiger partial charge < -0.3 is 9.80 Å². The molecule has 1 saturated carbocycles. The molecule has 0 unspecified atom stereocenters. The Kier molecular flexibility index (Phi) is 6.33. The summed E-state index contributed by atoms with van der Waals surface area (Å²) in [6, 6.07) is 13.0. The fourth-order valence-electron chi connectivity index (χ4n) is 5.76. The van der Waals surface area contributed by atoms with Gasteiger partial charge in [-0.2, -0.15) is 0 Å². The number of amides is 2. The van der Waals surface area contributed by atoms with E-state index in [1.807, 2.05) is 27.2 Å². The summed E-state index contributed by atoms with van der Waals surface area (Å²) in [6.07, 6.45) is 5.42. The fourth-order valence-corrected chi connectivity index (χ4v) is 6.66. The maximum atomic E-state index is 13.4. The minimum atomic E-state index is 0.0931. The van der Waals surface area contributed by atoms with Crippen LogP contribution in [0.2, 0.25) is 0 Å². The van der Waals surface area contributed by atoms with Crippen LogP contribution >= 0.6 is 11.3 Å². The number of piperazine rings is 1. The molecular weight excluding hydrogens is 418 g/mol. The van der Waals surface area contributed by atoms with E-state index < -0.39 is 0 Å². The highest BCUT2D eigenvalue weighted by molar-refractivity contribution is 7.10. The number of hydrogen-bond acceptors (Lipinski definition) is 4. The Labute approximate surface area is 195 Å². The molecule has 0 bridgehead atoms. The molecule has 0 N–H and O–H groups in total. The topological polar surface area (TPSA) is 43.9 Å². The van der Waals surface area contributed by atoms with Crippen molar-refractivity contribution in [3.8, 4) is 0 Å². The number of benzene rings is 1. The number of rotatable bonds is 4. The third-order valence-electron chi connectivity index (χ3n) is 7.49. The lowest BCUT2D eigenvalue weighted by Gasteiger charge is -2.42. The Balaban J connectivity index is 1.26. The maximum absolute atomic E-state index is 13.4. The molecule has 0 radical (unpaired) electrons. The van der Waals surface area contributed by atoms with Crippen LogP contribution in [0.4, 0.5) is 0 Å². The lowest BCUT2D eigenvalue weighted by Crippen LogP contribution is -2.58. The number of fused-ring (bicyclic) bond motifs is 1. The molecule has 5 rings (SSSR count). The highest BCUT2D eigenvalue weighted by Crippen LogP contribution is 2.37. The molecule has 0 spiro atoms. The van der Waals surface area contributed by atoms with Crippen LogP contribution in [0.5, 0.6) is 0 Å². The number of nitrogens with zero attached hydrogens (tertiary/aromatic N) is 3. The first kappa shape index (κ1) is 21.7. The Morgan fingerprint density at radius 3 is 2.56 bits per heavy atom. The van der Waals surface area contributed by atoms with Crippen molar-refractivity contribution in [3.63, 3.8) is 0 Å². The quantitative estimate of drug-likeness (QED) is 0.707. The van der Waals surface area contributed by atoms with E-state index in [4.69, 9.17) is 0 Å². The van der Waals surface area contributed by atoms with E-state index in [-0.39, 0.29) is 23.9 Å². The molecule has 3 heterocycles. The zero-order valence-electron chi connectivity index (χ0n) is 18.9. The van der Waals surface area contributed by atoms with Crippen LogP contribution in [0.1, 0.15) is 54.7 Å².